The second-order valence-electron chi connectivity index (χ2n) is 7.62. The second kappa shape index (κ2) is 9.53. The number of carbonyl (C=O) groups is 2. The topological polar surface area (TPSA) is 40.6 Å². The van der Waals surface area contributed by atoms with E-state index >= 15 is 0 Å². The largest absolute Gasteiger partial charge is 0.331 e. The lowest BCUT2D eigenvalue weighted by Gasteiger charge is -2.38. The van der Waals surface area contributed by atoms with Gasteiger partial charge in [0, 0.05) is 23.9 Å². The molecule has 156 valence electrons. The highest BCUT2D eigenvalue weighted by molar-refractivity contribution is 7.10. The second-order valence-corrected chi connectivity index (χ2v) is 8.62. The molecule has 6 heteroatoms. The van der Waals surface area contributed by atoms with Crippen LogP contribution in [0.1, 0.15) is 62.1 Å². The van der Waals surface area contributed by atoms with E-state index in [-0.39, 0.29) is 36.3 Å². The maximum absolute atomic E-state index is 13.5. The fourth-order valence-electron chi connectivity index (χ4n) is 3.89. The normalized spacial score (nSPS) is 17.0. The first-order valence-electron chi connectivity index (χ1n) is 10.4. The summed E-state index contributed by atoms with van der Waals surface area (Å²) in [6.07, 6.45) is 2.83. The third-order valence-corrected chi connectivity index (χ3v) is 6.68. The van der Waals surface area contributed by atoms with Gasteiger partial charge in [0.05, 0.1) is 6.04 Å². The fraction of sp³-hybridized carbons (Fsp3) is 0.478. The van der Waals surface area contributed by atoms with Gasteiger partial charge in [0.15, 0.2) is 0 Å². The molecule has 0 saturated carbocycles. The lowest BCUT2D eigenvalue weighted by Crippen LogP contribution is -2.49. The van der Waals surface area contributed by atoms with Crippen LogP contribution in [0.5, 0.6) is 0 Å². The van der Waals surface area contributed by atoms with Crippen molar-refractivity contribution in [2.75, 3.05) is 13.1 Å². The highest BCUT2D eigenvalue weighted by Gasteiger charge is 2.34. The van der Waals surface area contributed by atoms with Gasteiger partial charge < -0.3 is 9.80 Å². The molecule has 0 radical (unpaired) electrons. The Bertz CT molecular complexity index is 849. The SMILES string of the molecule is CCCC(=O)N(CC(=O)N1CCc2sccc2[C@H]1c1ccc(F)cc1)[C@H](C)CC. The van der Waals surface area contributed by atoms with Crippen LogP contribution in [0, 0.1) is 5.82 Å². The number of hydrogen-bond acceptors (Lipinski definition) is 3. The summed E-state index contributed by atoms with van der Waals surface area (Å²) in [7, 11) is 0. The van der Waals surface area contributed by atoms with Gasteiger partial charge in [-0.05, 0) is 60.9 Å². The Kier molecular flexibility index (Phi) is 7.06. The molecule has 0 spiro atoms. The molecule has 2 atom stereocenters. The van der Waals surface area contributed by atoms with Crippen LogP contribution in [-0.2, 0) is 16.0 Å². The zero-order valence-electron chi connectivity index (χ0n) is 17.4. The molecule has 0 unspecified atom stereocenters. The predicted molar refractivity (Wildman–Crippen MR) is 114 cm³/mol. The van der Waals surface area contributed by atoms with Gasteiger partial charge in [-0.15, -0.1) is 11.3 Å². The molecule has 1 aromatic heterocycles. The molecule has 0 fully saturated rings. The number of fused-ring (bicyclic) bond motifs is 1. The standard InChI is InChI=1S/C23H29FN2O2S/c1-4-6-21(27)26(16(3)5-2)15-22(28)25-13-11-20-19(12-14-29-20)23(25)17-7-9-18(24)10-8-17/h7-10,12,14,16,23H,4-6,11,13,15H2,1-3H3/t16-,23-/m1/s1. The fourth-order valence-corrected chi connectivity index (χ4v) is 4.80. The summed E-state index contributed by atoms with van der Waals surface area (Å²) in [6, 6.07) is 8.22. The number of carbonyl (C=O) groups excluding carboxylic acids is 2. The van der Waals surface area contributed by atoms with Crippen molar-refractivity contribution in [2.24, 2.45) is 0 Å². The smallest absolute Gasteiger partial charge is 0.243 e. The van der Waals surface area contributed by atoms with E-state index in [0.717, 1.165) is 30.4 Å². The van der Waals surface area contributed by atoms with Crippen molar-refractivity contribution in [1.29, 1.82) is 0 Å². The van der Waals surface area contributed by atoms with Gasteiger partial charge in [-0.1, -0.05) is 26.0 Å². The molecule has 1 aromatic carbocycles. The third kappa shape index (κ3) is 4.69. The number of hydrogen-bond donors (Lipinski definition) is 0. The van der Waals surface area contributed by atoms with E-state index in [4.69, 9.17) is 0 Å². The van der Waals surface area contributed by atoms with Crippen molar-refractivity contribution in [3.05, 3.63) is 57.5 Å². The van der Waals surface area contributed by atoms with Gasteiger partial charge in [-0.3, -0.25) is 9.59 Å². The Morgan fingerprint density at radius 3 is 2.62 bits per heavy atom. The van der Waals surface area contributed by atoms with Gasteiger partial charge in [0.2, 0.25) is 11.8 Å². The summed E-state index contributed by atoms with van der Waals surface area (Å²) in [5.74, 6) is -0.316. The van der Waals surface area contributed by atoms with E-state index < -0.39 is 0 Å². The number of halogens is 1. The first-order valence-corrected chi connectivity index (χ1v) is 11.2. The summed E-state index contributed by atoms with van der Waals surface area (Å²) < 4.78 is 13.5. The van der Waals surface area contributed by atoms with E-state index in [9.17, 15) is 14.0 Å². The molecule has 2 amide bonds. The van der Waals surface area contributed by atoms with Crippen molar-refractivity contribution in [2.45, 2.75) is 58.5 Å². The molecule has 0 N–H and O–H groups in total. The average Bonchev–Trinajstić information content (AvgIpc) is 3.20. The van der Waals surface area contributed by atoms with Crippen LogP contribution in [0.2, 0.25) is 0 Å². The Balaban J connectivity index is 1.89. The van der Waals surface area contributed by atoms with Crippen LogP contribution in [0.3, 0.4) is 0 Å². The van der Waals surface area contributed by atoms with Gasteiger partial charge in [0.25, 0.3) is 0 Å². The average molecular weight is 417 g/mol. The summed E-state index contributed by atoms with van der Waals surface area (Å²) in [4.78, 5) is 30.8. The first-order chi connectivity index (χ1) is 14.0. The Morgan fingerprint density at radius 2 is 1.97 bits per heavy atom. The van der Waals surface area contributed by atoms with Crippen LogP contribution in [0.25, 0.3) is 0 Å². The molecule has 29 heavy (non-hydrogen) atoms. The van der Waals surface area contributed by atoms with Crippen molar-refractivity contribution < 1.29 is 14.0 Å². The molecule has 1 aliphatic rings. The van der Waals surface area contributed by atoms with Crippen LogP contribution in [0.15, 0.2) is 35.7 Å². The summed E-state index contributed by atoms with van der Waals surface area (Å²) >= 11 is 1.70. The zero-order chi connectivity index (χ0) is 21.0. The number of amides is 2. The maximum Gasteiger partial charge on any atom is 0.243 e. The molecule has 3 rings (SSSR count). The molecule has 0 bridgehead atoms. The van der Waals surface area contributed by atoms with E-state index in [1.807, 2.05) is 31.1 Å². The molecular weight excluding hydrogens is 387 g/mol. The monoisotopic (exact) mass is 416 g/mol. The summed E-state index contributed by atoms with van der Waals surface area (Å²) in [6.45, 7) is 6.68. The van der Waals surface area contributed by atoms with Crippen molar-refractivity contribution in [3.63, 3.8) is 0 Å². The third-order valence-electron chi connectivity index (χ3n) is 5.68. The minimum atomic E-state index is -0.291. The molecule has 4 nitrogen and oxygen atoms in total. The van der Waals surface area contributed by atoms with Gasteiger partial charge in [-0.2, -0.15) is 0 Å². The quantitative estimate of drug-likeness (QED) is 0.651. The molecule has 2 aromatic rings. The van der Waals surface area contributed by atoms with Crippen molar-refractivity contribution in [3.8, 4) is 0 Å². The van der Waals surface area contributed by atoms with Crippen molar-refractivity contribution >= 4 is 23.2 Å². The number of rotatable bonds is 7. The van der Waals surface area contributed by atoms with Crippen LogP contribution < -0.4 is 0 Å². The molecule has 1 aliphatic heterocycles. The molecule has 0 saturated heterocycles. The number of benzene rings is 1. The lowest BCUT2D eigenvalue weighted by atomic mass is 9.93. The summed E-state index contributed by atoms with van der Waals surface area (Å²) in [5, 5.41) is 2.05. The molecular formula is C23H29FN2O2S. The maximum atomic E-state index is 13.5. The Hall–Kier alpha value is -2.21. The van der Waals surface area contributed by atoms with Crippen molar-refractivity contribution in [1.82, 2.24) is 9.80 Å². The van der Waals surface area contributed by atoms with E-state index in [2.05, 4.69) is 6.07 Å². The van der Waals surface area contributed by atoms with Crippen LogP contribution in [0.4, 0.5) is 4.39 Å². The Morgan fingerprint density at radius 1 is 1.24 bits per heavy atom. The minimum absolute atomic E-state index is 0.0174. The molecule has 0 aliphatic carbocycles. The van der Waals surface area contributed by atoms with Crippen LogP contribution >= 0.6 is 11.3 Å². The van der Waals surface area contributed by atoms with Gasteiger partial charge >= 0.3 is 0 Å². The predicted octanol–water partition coefficient (Wildman–Crippen LogP) is 4.79. The highest BCUT2D eigenvalue weighted by Crippen LogP contribution is 2.38. The van der Waals surface area contributed by atoms with Gasteiger partial charge in [0.1, 0.15) is 12.4 Å². The minimum Gasteiger partial charge on any atom is -0.331 e. The lowest BCUT2D eigenvalue weighted by molar-refractivity contribution is -0.143. The molecule has 2 heterocycles. The zero-order valence-corrected chi connectivity index (χ0v) is 18.2. The van der Waals surface area contributed by atoms with Gasteiger partial charge in [-0.25, -0.2) is 4.39 Å². The van der Waals surface area contributed by atoms with E-state index in [0.29, 0.717) is 13.0 Å². The summed E-state index contributed by atoms with van der Waals surface area (Å²) in [5.41, 5.74) is 2.00. The van der Waals surface area contributed by atoms with Crippen LogP contribution in [-0.4, -0.2) is 40.7 Å². The first kappa shape index (κ1) is 21.5. The number of thiophene rings is 1. The Labute approximate surface area is 176 Å². The van der Waals surface area contributed by atoms with E-state index in [1.165, 1.54) is 17.0 Å². The number of nitrogens with zero attached hydrogens (tertiary/aromatic N) is 2. The highest BCUT2D eigenvalue weighted by atomic mass is 32.1. The van der Waals surface area contributed by atoms with E-state index in [1.54, 1.807) is 28.4 Å².